The molecule has 2 rings (SSSR count). The number of aliphatic carboxylic acids is 1. The standard InChI is InChI=1S/C14H20N2O3/c15-14(13(17)18,12-5-2-1-3-6-12)11-16-7-4-9-19-10-8-16/h1-3,5-6H,4,7-11,15H2,(H,17,18). The van der Waals surface area contributed by atoms with Crippen LogP contribution in [0.1, 0.15) is 12.0 Å². The first-order valence-electron chi connectivity index (χ1n) is 6.51. The highest BCUT2D eigenvalue weighted by atomic mass is 16.5. The second-order valence-electron chi connectivity index (χ2n) is 4.88. The van der Waals surface area contributed by atoms with Gasteiger partial charge in [-0.1, -0.05) is 30.3 Å². The smallest absolute Gasteiger partial charge is 0.329 e. The van der Waals surface area contributed by atoms with Gasteiger partial charge in [0, 0.05) is 26.2 Å². The summed E-state index contributed by atoms with van der Waals surface area (Å²) < 4.78 is 5.38. The van der Waals surface area contributed by atoms with E-state index >= 15 is 0 Å². The van der Waals surface area contributed by atoms with Crippen LogP contribution in [0.2, 0.25) is 0 Å². The van der Waals surface area contributed by atoms with E-state index in [-0.39, 0.29) is 0 Å². The van der Waals surface area contributed by atoms with Crippen LogP contribution >= 0.6 is 0 Å². The zero-order valence-electron chi connectivity index (χ0n) is 10.9. The summed E-state index contributed by atoms with van der Waals surface area (Å²) in [5, 5.41) is 9.50. The van der Waals surface area contributed by atoms with E-state index in [2.05, 4.69) is 4.90 Å². The van der Waals surface area contributed by atoms with E-state index in [1.807, 2.05) is 18.2 Å². The van der Waals surface area contributed by atoms with Crippen LogP contribution < -0.4 is 5.73 Å². The molecule has 0 radical (unpaired) electrons. The van der Waals surface area contributed by atoms with Crippen LogP contribution in [0.4, 0.5) is 0 Å². The Morgan fingerprint density at radius 3 is 2.74 bits per heavy atom. The first kappa shape index (κ1) is 14.0. The fourth-order valence-corrected chi connectivity index (χ4v) is 2.33. The number of carbonyl (C=O) groups is 1. The first-order chi connectivity index (χ1) is 9.13. The number of carboxylic acids is 1. The molecule has 0 amide bonds. The molecule has 5 nitrogen and oxygen atoms in total. The van der Waals surface area contributed by atoms with Gasteiger partial charge in [-0.05, 0) is 12.0 Å². The number of nitrogens with two attached hydrogens (primary N) is 1. The number of benzene rings is 1. The van der Waals surface area contributed by atoms with Crippen molar-refractivity contribution >= 4 is 5.97 Å². The highest BCUT2D eigenvalue weighted by molar-refractivity contribution is 5.80. The van der Waals surface area contributed by atoms with E-state index in [1.54, 1.807) is 12.1 Å². The molecule has 1 aromatic rings. The molecule has 0 spiro atoms. The van der Waals surface area contributed by atoms with Crippen molar-refractivity contribution in [2.75, 3.05) is 32.8 Å². The molecule has 0 bridgehead atoms. The Labute approximate surface area is 113 Å². The molecule has 1 atom stereocenters. The summed E-state index contributed by atoms with van der Waals surface area (Å²) in [6.07, 6.45) is 0.907. The maximum Gasteiger partial charge on any atom is 0.329 e. The Bertz CT molecular complexity index is 416. The van der Waals surface area contributed by atoms with Gasteiger partial charge in [0.05, 0.1) is 6.61 Å². The van der Waals surface area contributed by atoms with Crippen LogP contribution in [0, 0.1) is 0 Å². The number of ether oxygens (including phenoxy) is 1. The molecular weight excluding hydrogens is 244 g/mol. The lowest BCUT2D eigenvalue weighted by molar-refractivity contribution is -0.144. The lowest BCUT2D eigenvalue weighted by Crippen LogP contribution is -2.53. The predicted molar refractivity (Wildman–Crippen MR) is 71.8 cm³/mol. The SMILES string of the molecule is NC(CN1CCCOCC1)(C(=O)O)c1ccccc1. The molecule has 3 N–H and O–H groups in total. The Morgan fingerprint density at radius 1 is 1.32 bits per heavy atom. The fourth-order valence-electron chi connectivity index (χ4n) is 2.33. The van der Waals surface area contributed by atoms with Crippen molar-refractivity contribution in [3.8, 4) is 0 Å². The van der Waals surface area contributed by atoms with E-state index in [9.17, 15) is 9.90 Å². The van der Waals surface area contributed by atoms with E-state index in [4.69, 9.17) is 10.5 Å². The summed E-state index contributed by atoms with van der Waals surface area (Å²) in [6.45, 7) is 3.20. The molecule has 1 heterocycles. The van der Waals surface area contributed by atoms with Gasteiger partial charge >= 0.3 is 5.97 Å². The van der Waals surface area contributed by atoms with Gasteiger partial charge in [0.25, 0.3) is 0 Å². The van der Waals surface area contributed by atoms with Gasteiger partial charge in [-0.3, -0.25) is 4.90 Å². The number of rotatable bonds is 4. The highest BCUT2D eigenvalue weighted by Crippen LogP contribution is 2.20. The molecule has 0 saturated carbocycles. The number of nitrogens with zero attached hydrogens (tertiary/aromatic N) is 1. The maximum atomic E-state index is 11.6. The van der Waals surface area contributed by atoms with Crippen LogP contribution in [0.15, 0.2) is 30.3 Å². The lowest BCUT2D eigenvalue weighted by Gasteiger charge is -2.31. The van der Waals surface area contributed by atoms with Crippen molar-refractivity contribution in [3.05, 3.63) is 35.9 Å². The molecule has 0 aliphatic carbocycles. The third-order valence-electron chi connectivity index (χ3n) is 3.46. The molecule has 1 saturated heterocycles. The zero-order valence-corrected chi connectivity index (χ0v) is 10.9. The predicted octanol–water partition coefficient (Wildman–Crippen LogP) is 0.648. The van der Waals surface area contributed by atoms with Crippen LogP contribution in [0.25, 0.3) is 0 Å². The molecule has 104 valence electrons. The highest BCUT2D eigenvalue weighted by Gasteiger charge is 2.37. The minimum absolute atomic E-state index is 0.301. The Kier molecular flexibility index (Phi) is 4.52. The Balaban J connectivity index is 2.17. The summed E-state index contributed by atoms with van der Waals surface area (Å²) >= 11 is 0. The lowest BCUT2D eigenvalue weighted by atomic mass is 9.90. The summed E-state index contributed by atoms with van der Waals surface area (Å²) in [7, 11) is 0. The molecule has 5 heteroatoms. The van der Waals surface area contributed by atoms with Gasteiger partial charge < -0.3 is 15.6 Å². The minimum Gasteiger partial charge on any atom is -0.480 e. The summed E-state index contributed by atoms with van der Waals surface area (Å²) in [6, 6.07) is 9.01. The molecule has 1 aliphatic rings. The second-order valence-corrected chi connectivity index (χ2v) is 4.88. The van der Waals surface area contributed by atoms with Crippen molar-refractivity contribution in [2.45, 2.75) is 12.0 Å². The van der Waals surface area contributed by atoms with E-state index in [0.29, 0.717) is 18.7 Å². The maximum absolute atomic E-state index is 11.6. The van der Waals surface area contributed by atoms with Crippen molar-refractivity contribution < 1.29 is 14.6 Å². The van der Waals surface area contributed by atoms with Crippen molar-refractivity contribution in [2.24, 2.45) is 5.73 Å². The van der Waals surface area contributed by atoms with Crippen LogP contribution in [0.5, 0.6) is 0 Å². The minimum atomic E-state index is -1.37. The van der Waals surface area contributed by atoms with Gasteiger partial charge in [0.2, 0.25) is 0 Å². The Morgan fingerprint density at radius 2 is 2.05 bits per heavy atom. The zero-order chi connectivity index (χ0) is 13.7. The quantitative estimate of drug-likeness (QED) is 0.835. The van der Waals surface area contributed by atoms with Crippen molar-refractivity contribution in [1.29, 1.82) is 0 Å². The molecule has 19 heavy (non-hydrogen) atoms. The number of hydrogen-bond acceptors (Lipinski definition) is 4. The fraction of sp³-hybridized carbons (Fsp3) is 0.500. The van der Waals surface area contributed by atoms with Gasteiger partial charge in [-0.25, -0.2) is 4.79 Å². The Hall–Kier alpha value is -1.43. The summed E-state index contributed by atoms with van der Waals surface area (Å²) in [5.74, 6) is -0.996. The summed E-state index contributed by atoms with van der Waals surface area (Å²) in [5.41, 5.74) is 5.42. The van der Waals surface area contributed by atoms with Crippen molar-refractivity contribution in [1.82, 2.24) is 4.90 Å². The van der Waals surface area contributed by atoms with Crippen LogP contribution in [0.3, 0.4) is 0 Å². The molecule has 1 unspecified atom stereocenters. The van der Waals surface area contributed by atoms with Gasteiger partial charge in [-0.2, -0.15) is 0 Å². The van der Waals surface area contributed by atoms with Gasteiger partial charge in [0.1, 0.15) is 0 Å². The van der Waals surface area contributed by atoms with E-state index in [1.165, 1.54) is 0 Å². The largest absolute Gasteiger partial charge is 0.480 e. The van der Waals surface area contributed by atoms with E-state index in [0.717, 1.165) is 26.1 Å². The van der Waals surface area contributed by atoms with Crippen molar-refractivity contribution in [3.63, 3.8) is 0 Å². The topological polar surface area (TPSA) is 75.8 Å². The average Bonchev–Trinajstić information content (AvgIpc) is 2.68. The third-order valence-corrected chi connectivity index (χ3v) is 3.46. The van der Waals surface area contributed by atoms with Crippen LogP contribution in [-0.2, 0) is 15.1 Å². The average molecular weight is 264 g/mol. The molecule has 0 aromatic heterocycles. The monoisotopic (exact) mass is 264 g/mol. The summed E-state index contributed by atoms with van der Waals surface area (Å²) in [4.78, 5) is 13.7. The van der Waals surface area contributed by atoms with E-state index < -0.39 is 11.5 Å². The first-order valence-corrected chi connectivity index (χ1v) is 6.51. The number of hydrogen-bond donors (Lipinski definition) is 2. The van der Waals surface area contributed by atoms with Gasteiger partial charge in [0.15, 0.2) is 5.54 Å². The second kappa shape index (κ2) is 6.14. The molecule has 1 fully saturated rings. The normalized spacial score (nSPS) is 20.5. The molecule has 1 aromatic carbocycles. The van der Waals surface area contributed by atoms with Gasteiger partial charge in [-0.15, -0.1) is 0 Å². The molecule has 1 aliphatic heterocycles. The molecular formula is C14H20N2O3. The third kappa shape index (κ3) is 3.32. The van der Waals surface area contributed by atoms with Crippen LogP contribution in [-0.4, -0.2) is 48.8 Å². The number of carboxylic acid groups (broad SMARTS) is 1.